The Bertz CT molecular complexity index is 2190. The number of carbonyl (C=O) groups is 3. The Morgan fingerprint density at radius 2 is 0.517 bits per heavy atom. The molecule has 0 aromatic carbocycles. The summed E-state index contributed by atoms with van der Waals surface area (Å²) in [5, 5.41) is 224. The van der Waals surface area contributed by atoms with E-state index < -0.39 is 279 Å². The first-order chi connectivity index (χ1) is 41.2. The maximum absolute atomic E-state index is 12.8. The molecular formula is C48H81N3O36. The second-order valence-electron chi connectivity index (χ2n) is 21.8. The summed E-state index contributed by atoms with van der Waals surface area (Å²) in [7, 11) is 0. The molecule has 7 fully saturated rings. The average molecular weight is 1280 g/mol. The lowest BCUT2D eigenvalue weighted by molar-refractivity contribution is -0.388. The fourth-order valence-electron chi connectivity index (χ4n) is 11.2. The summed E-state index contributed by atoms with van der Waals surface area (Å²) >= 11 is 0. The van der Waals surface area contributed by atoms with Crippen molar-refractivity contribution in [3.05, 3.63) is 0 Å². The van der Waals surface area contributed by atoms with Gasteiger partial charge in [-0.25, -0.2) is 0 Å². The number of ether oxygens (including phenoxy) is 13. The highest BCUT2D eigenvalue weighted by Crippen LogP contribution is 2.38. The van der Waals surface area contributed by atoms with Crippen molar-refractivity contribution in [2.45, 2.75) is 236 Å². The van der Waals surface area contributed by atoms with Gasteiger partial charge in [-0.15, -0.1) is 0 Å². The summed E-state index contributed by atoms with van der Waals surface area (Å²) < 4.78 is 74.7. The predicted octanol–water partition coefficient (Wildman–Crippen LogP) is -15.8. The van der Waals surface area contributed by atoms with E-state index in [9.17, 15) is 117 Å². The van der Waals surface area contributed by atoms with Crippen LogP contribution >= 0.6 is 0 Å². The second-order valence-corrected chi connectivity index (χ2v) is 21.8. The molecule has 0 aliphatic carbocycles. The van der Waals surface area contributed by atoms with E-state index in [0.717, 1.165) is 20.8 Å². The van der Waals surface area contributed by atoms with E-state index in [1.165, 1.54) is 0 Å². The van der Waals surface area contributed by atoms with Crippen molar-refractivity contribution in [3.8, 4) is 0 Å². The Kier molecular flexibility index (Phi) is 25.6. The van der Waals surface area contributed by atoms with Crippen LogP contribution in [0.3, 0.4) is 0 Å². The van der Waals surface area contributed by atoms with Gasteiger partial charge < -0.3 is 180 Å². The summed E-state index contributed by atoms with van der Waals surface area (Å²) in [5.41, 5.74) is 0. The molecule has 0 unspecified atom stereocenters. The van der Waals surface area contributed by atoms with Crippen LogP contribution in [0.25, 0.3) is 0 Å². The Balaban J connectivity index is 1.08. The Hall–Kier alpha value is -2.91. The number of carbonyl (C=O) groups excluding carboxylic acids is 3. The maximum atomic E-state index is 12.8. The monoisotopic (exact) mass is 1280 g/mol. The minimum absolute atomic E-state index is 0.762. The van der Waals surface area contributed by atoms with E-state index in [0.29, 0.717) is 0 Å². The van der Waals surface area contributed by atoms with Crippen molar-refractivity contribution in [2.75, 3.05) is 46.2 Å². The van der Waals surface area contributed by atoms with Crippen molar-refractivity contribution in [3.63, 3.8) is 0 Å². The van der Waals surface area contributed by atoms with Crippen LogP contribution in [0.1, 0.15) is 20.8 Å². The summed E-state index contributed by atoms with van der Waals surface area (Å²) in [6, 6.07) is -5.29. The lowest BCUT2D eigenvalue weighted by Crippen LogP contribution is -2.71. The smallest absolute Gasteiger partial charge is 0.217 e. The highest BCUT2D eigenvalue weighted by molar-refractivity contribution is 5.74. The van der Waals surface area contributed by atoms with Crippen molar-refractivity contribution >= 4 is 17.7 Å². The fraction of sp³-hybridized carbons (Fsp3) is 0.938. The topological polar surface area (TPSA) is 612 Å². The van der Waals surface area contributed by atoms with Crippen LogP contribution in [-0.2, 0) is 76.0 Å². The van der Waals surface area contributed by atoms with Crippen LogP contribution in [0.15, 0.2) is 0 Å². The number of aliphatic hydroxyl groups excluding tert-OH is 20. The zero-order valence-electron chi connectivity index (χ0n) is 46.6. The van der Waals surface area contributed by atoms with Crippen LogP contribution in [0, 0.1) is 0 Å². The third kappa shape index (κ3) is 15.6. The molecule has 0 spiro atoms. The van der Waals surface area contributed by atoms with Gasteiger partial charge in [-0.05, 0) is 0 Å². The van der Waals surface area contributed by atoms with E-state index >= 15 is 0 Å². The first kappa shape index (κ1) is 71.5. The molecule has 3 amide bonds. The van der Waals surface area contributed by atoms with E-state index in [4.69, 9.17) is 61.6 Å². The fourth-order valence-corrected chi connectivity index (χ4v) is 11.2. The predicted molar refractivity (Wildman–Crippen MR) is 267 cm³/mol. The zero-order chi connectivity index (χ0) is 64.2. The number of nitrogens with one attached hydrogen (secondary N) is 3. The molecule has 39 heteroatoms. The molecule has 23 N–H and O–H groups in total. The summed E-state index contributed by atoms with van der Waals surface area (Å²) in [5.74, 6) is -2.54. The van der Waals surface area contributed by atoms with Gasteiger partial charge in [0.2, 0.25) is 17.7 Å². The number of hydrogen-bond acceptors (Lipinski definition) is 36. The number of amides is 3. The molecule has 39 nitrogen and oxygen atoms in total. The number of aliphatic hydroxyl groups is 20. The molecule has 0 saturated carbocycles. The highest BCUT2D eigenvalue weighted by Gasteiger charge is 2.59. The van der Waals surface area contributed by atoms with Crippen molar-refractivity contribution in [1.82, 2.24) is 16.0 Å². The molecule has 35 atom stereocenters. The molecule has 7 aliphatic rings. The summed E-state index contributed by atoms with van der Waals surface area (Å²) in [6.45, 7) is -4.08. The first-order valence-electron chi connectivity index (χ1n) is 27.6. The summed E-state index contributed by atoms with van der Waals surface area (Å²) in [4.78, 5) is 37.5. The minimum Gasteiger partial charge on any atom is -0.394 e. The molecule has 0 radical (unpaired) electrons. The molecule has 7 heterocycles. The van der Waals surface area contributed by atoms with E-state index in [-0.39, 0.29) is 0 Å². The van der Waals surface area contributed by atoms with Gasteiger partial charge in [-0.1, -0.05) is 0 Å². The average Bonchev–Trinajstić information content (AvgIpc) is 1.26. The third-order valence-electron chi connectivity index (χ3n) is 15.7. The molecule has 504 valence electrons. The van der Waals surface area contributed by atoms with Gasteiger partial charge in [0.1, 0.15) is 171 Å². The van der Waals surface area contributed by atoms with E-state index in [1.807, 2.05) is 0 Å². The van der Waals surface area contributed by atoms with Crippen LogP contribution in [-0.4, -0.2) is 381 Å². The van der Waals surface area contributed by atoms with E-state index in [2.05, 4.69) is 16.0 Å². The van der Waals surface area contributed by atoms with Crippen LogP contribution in [0.4, 0.5) is 0 Å². The third-order valence-corrected chi connectivity index (χ3v) is 15.7. The van der Waals surface area contributed by atoms with Gasteiger partial charge in [0, 0.05) is 20.8 Å². The minimum atomic E-state index is -2.29. The SMILES string of the molecule is CC(=O)N[C@H]1[C@H](O[C@H]2[C@@H](O)[C@@H](CO)O[C@@H](O[C@H]3[C@H](O)[C@@H](O)[C@H](O)O[C@@H]3CO)[C@@H]2O)O[C@H](CO)[C@@H](O[C@@H]2O[C@H](CO)[C@H](O)[C@H](O[C@@H]3O[C@H](CO)[C@@H](O[C@@H]4O[C@H](CO)[C@H](O)[C@H](O[C@@H]5O[C@H](CO)[C@@H](O)[C@H](O)[C@H]5NC(C)=O)[C@H]4O)[C@H](O)[C@H]3NC(C)=O)[C@H]2O)[C@@H]1O. The van der Waals surface area contributed by atoms with Crippen LogP contribution < -0.4 is 16.0 Å². The Morgan fingerprint density at radius 1 is 0.276 bits per heavy atom. The molecule has 7 aliphatic heterocycles. The first-order valence-corrected chi connectivity index (χ1v) is 27.6. The molecule has 0 aromatic rings. The zero-order valence-corrected chi connectivity index (χ0v) is 46.6. The van der Waals surface area contributed by atoms with Gasteiger partial charge in [-0.2, -0.15) is 0 Å². The maximum Gasteiger partial charge on any atom is 0.217 e. The van der Waals surface area contributed by atoms with Gasteiger partial charge in [0.15, 0.2) is 44.0 Å². The highest BCUT2D eigenvalue weighted by atomic mass is 16.8. The molecule has 7 saturated heterocycles. The summed E-state index contributed by atoms with van der Waals surface area (Å²) in [6.07, 6.45) is -62.1. The molecule has 0 aromatic heterocycles. The lowest BCUT2D eigenvalue weighted by Gasteiger charge is -2.51. The van der Waals surface area contributed by atoms with Gasteiger partial charge in [0.05, 0.1) is 46.2 Å². The molecule has 7 rings (SSSR count). The second kappa shape index (κ2) is 31.1. The standard InChI is InChI=1S/C48H81N3O36/c1-11(59)49-21-28(66)24(62)14(4-52)76-43(21)85-39-25(63)15(5-53)77-46(33(39)71)82-36-19(9-57)80-44(22(29(36)67)50-12(2)60)86-40-26(64)16(6-54)78-47(34(40)72)83-37-20(10-58)81-45(23(30(37)68)51-13(3)61)87-41-27(65)17(7-55)79-48(35(41)73)84-38-18(8-56)75-42(74)32(70)31(38)69/h14-48,52-58,62-74H,4-10H2,1-3H3,(H,49,59)(H,50,60)(H,51,61)/t14-,15-,16-,17-,18-,19-,20-,21-,22-,23-,24-,25+,26+,27+,28-,29-,30-,31-,32-,33-,34-,35-,36-,37-,38-,39+,40+,41+,42-,43+,44+,45+,46+,47+,48+/m1/s1. The van der Waals surface area contributed by atoms with Gasteiger partial charge in [-0.3, -0.25) is 14.4 Å². The largest absolute Gasteiger partial charge is 0.394 e. The Labute approximate surface area is 492 Å². The van der Waals surface area contributed by atoms with Gasteiger partial charge >= 0.3 is 0 Å². The molecular weight excluding hydrogens is 1190 g/mol. The van der Waals surface area contributed by atoms with Crippen LogP contribution in [0.5, 0.6) is 0 Å². The van der Waals surface area contributed by atoms with Gasteiger partial charge in [0.25, 0.3) is 0 Å². The van der Waals surface area contributed by atoms with E-state index in [1.54, 1.807) is 0 Å². The Morgan fingerprint density at radius 3 is 0.816 bits per heavy atom. The number of hydrogen-bond donors (Lipinski definition) is 23. The number of rotatable bonds is 22. The molecule has 0 bridgehead atoms. The van der Waals surface area contributed by atoms with Crippen molar-refractivity contribution in [2.24, 2.45) is 0 Å². The van der Waals surface area contributed by atoms with Crippen molar-refractivity contribution in [1.29, 1.82) is 0 Å². The normalized spacial score (nSPS) is 48.9. The van der Waals surface area contributed by atoms with Crippen molar-refractivity contribution < 1.29 is 178 Å². The van der Waals surface area contributed by atoms with Crippen LogP contribution in [0.2, 0.25) is 0 Å². The molecule has 87 heavy (non-hydrogen) atoms. The lowest BCUT2D eigenvalue weighted by atomic mass is 9.93. The quantitative estimate of drug-likeness (QED) is 0.0479.